The Hall–Kier alpha value is -1.66. The molecule has 0 aromatic carbocycles. The lowest BCUT2D eigenvalue weighted by Crippen LogP contribution is -2.68. The van der Waals surface area contributed by atoms with Gasteiger partial charge in [0.05, 0.1) is 38.3 Å². The number of fused-ring (bicyclic) bond motifs is 1. The molecule has 0 bridgehead atoms. The highest BCUT2D eigenvalue weighted by molar-refractivity contribution is 5.75. The van der Waals surface area contributed by atoms with Gasteiger partial charge in [-0.05, 0) is 43.9 Å². The summed E-state index contributed by atoms with van der Waals surface area (Å²) >= 11 is 0. The van der Waals surface area contributed by atoms with Crippen molar-refractivity contribution in [3.63, 3.8) is 0 Å². The number of aliphatic hydroxyl groups is 2. The van der Waals surface area contributed by atoms with Gasteiger partial charge in [0.2, 0.25) is 0 Å². The first kappa shape index (κ1) is 36.6. The van der Waals surface area contributed by atoms with Crippen molar-refractivity contribution in [3.8, 4) is 0 Å². The first-order chi connectivity index (χ1) is 22.7. The van der Waals surface area contributed by atoms with Crippen molar-refractivity contribution < 1.29 is 34.0 Å². The fraction of sp³-hybridized carbons (Fsp3) is 0.938. The summed E-state index contributed by atoms with van der Waals surface area (Å²) in [5.41, 5.74) is 12.5. The smallest absolute Gasteiger partial charge is 0.409 e. The van der Waals surface area contributed by atoms with Crippen LogP contribution in [0.5, 0.6) is 0 Å². The predicted octanol–water partition coefficient (Wildman–Crippen LogP) is -0.783. The average molecular weight is 669 g/mol. The number of esters is 1. The molecular weight excluding hydrogens is 608 g/mol. The Kier molecular flexibility index (Phi) is 13.9. The number of amides is 1. The van der Waals surface area contributed by atoms with Gasteiger partial charge in [-0.2, -0.15) is 0 Å². The minimum absolute atomic E-state index is 0.0833. The monoisotopic (exact) mass is 668 g/mol. The molecular formula is C32H60N8O7. The van der Waals surface area contributed by atoms with Crippen molar-refractivity contribution in [1.29, 1.82) is 0 Å². The summed E-state index contributed by atoms with van der Waals surface area (Å²) in [6.07, 6.45) is 7.39. The van der Waals surface area contributed by atoms with E-state index in [1.165, 1.54) is 38.5 Å². The third kappa shape index (κ3) is 9.96. The zero-order chi connectivity index (χ0) is 33.3. The van der Waals surface area contributed by atoms with Crippen LogP contribution in [0.3, 0.4) is 0 Å². The molecule has 0 aromatic heterocycles. The number of hydrogen-bond acceptors (Lipinski definition) is 14. The van der Waals surface area contributed by atoms with Crippen molar-refractivity contribution in [2.75, 3.05) is 59.8 Å². The molecule has 5 fully saturated rings. The molecule has 2 saturated carbocycles. The third-order valence-electron chi connectivity index (χ3n) is 10.8. The van der Waals surface area contributed by atoms with Crippen molar-refractivity contribution in [2.24, 2.45) is 23.3 Å². The van der Waals surface area contributed by atoms with E-state index in [2.05, 4.69) is 16.0 Å². The highest BCUT2D eigenvalue weighted by Gasteiger charge is 2.51. The Balaban J connectivity index is 1.15. The van der Waals surface area contributed by atoms with Crippen molar-refractivity contribution in [3.05, 3.63) is 0 Å². The quantitative estimate of drug-likeness (QED) is 0.114. The van der Waals surface area contributed by atoms with E-state index < -0.39 is 36.6 Å². The predicted molar refractivity (Wildman–Crippen MR) is 174 cm³/mol. The molecule has 47 heavy (non-hydrogen) atoms. The van der Waals surface area contributed by atoms with Gasteiger partial charge in [0.25, 0.3) is 0 Å². The van der Waals surface area contributed by atoms with Crippen LogP contribution in [0.2, 0.25) is 0 Å². The summed E-state index contributed by atoms with van der Waals surface area (Å²) in [5, 5.41) is 32.1. The van der Waals surface area contributed by atoms with Crippen LogP contribution in [-0.2, 0) is 19.0 Å². The first-order valence-electron chi connectivity index (χ1n) is 18.0. The molecule has 2 aliphatic carbocycles. The molecule has 0 radical (unpaired) electrons. The third-order valence-corrected chi connectivity index (χ3v) is 10.8. The van der Waals surface area contributed by atoms with Crippen LogP contribution in [0.1, 0.15) is 70.6 Å². The second-order valence-electron chi connectivity index (χ2n) is 14.3. The Morgan fingerprint density at radius 1 is 0.915 bits per heavy atom. The summed E-state index contributed by atoms with van der Waals surface area (Å²) in [6.45, 7) is 3.29. The van der Waals surface area contributed by atoms with Gasteiger partial charge < -0.3 is 40.8 Å². The highest BCUT2D eigenvalue weighted by Crippen LogP contribution is 2.29. The Morgan fingerprint density at radius 2 is 1.57 bits per heavy atom. The van der Waals surface area contributed by atoms with Gasteiger partial charge >= 0.3 is 12.1 Å². The zero-order valence-corrected chi connectivity index (χ0v) is 28.1. The van der Waals surface area contributed by atoms with Crippen LogP contribution in [0.15, 0.2) is 0 Å². The first-order valence-corrected chi connectivity index (χ1v) is 18.0. The SMILES string of the molecule is CN(CCN(CC[C@H](N)C(=O)OCC1CCCCC1)C[C@H]1O[C@@H](N2CNC3C(N)NCNC32)[C@H](O)[C@@H]1O)C(=O)OCC1CCCCC1. The molecule has 0 aromatic rings. The van der Waals surface area contributed by atoms with Gasteiger partial charge in [0.15, 0.2) is 0 Å². The Bertz CT molecular complexity index is 943. The fourth-order valence-corrected chi connectivity index (χ4v) is 7.69. The largest absolute Gasteiger partial charge is 0.464 e. The second kappa shape index (κ2) is 17.8. The Labute approximate surface area is 279 Å². The van der Waals surface area contributed by atoms with E-state index >= 15 is 0 Å². The number of aliphatic hydroxyl groups excluding tert-OH is 2. The van der Waals surface area contributed by atoms with E-state index in [9.17, 15) is 19.8 Å². The lowest BCUT2D eigenvalue weighted by Gasteiger charge is -2.38. The van der Waals surface area contributed by atoms with Crippen molar-refractivity contribution in [1.82, 2.24) is 30.7 Å². The number of nitrogens with two attached hydrogens (primary N) is 2. The second-order valence-corrected chi connectivity index (χ2v) is 14.3. The molecule has 270 valence electrons. The standard InChI is InChI=1S/C32H60N8O7/c1-38(32(44)46-18-22-10-6-3-7-11-22)14-15-39(13-12-23(33)31(43)45-17-21-8-4-2-5-9-21)16-24-26(41)27(42)30(47-24)40-20-37-25-28(34)35-19-36-29(25)40/h21-30,35-37,41-42H,2-20,33-34H2,1H3/t23-,24+,25?,26+,27+,28?,29?,30+/m0/s1. The maximum Gasteiger partial charge on any atom is 0.409 e. The van der Waals surface area contributed by atoms with Gasteiger partial charge in [-0.3, -0.25) is 25.6 Å². The lowest BCUT2D eigenvalue weighted by atomic mass is 9.90. The van der Waals surface area contributed by atoms with Gasteiger partial charge in [0.1, 0.15) is 30.6 Å². The minimum Gasteiger partial charge on any atom is -0.464 e. The highest BCUT2D eigenvalue weighted by atomic mass is 16.6. The van der Waals surface area contributed by atoms with Gasteiger partial charge in [-0.1, -0.05) is 38.5 Å². The van der Waals surface area contributed by atoms with Crippen LogP contribution in [0.4, 0.5) is 4.79 Å². The minimum atomic E-state index is -1.13. The summed E-state index contributed by atoms with van der Waals surface area (Å²) in [4.78, 5) is 31.1. The molecule has 8 atom stereocenters. The number of nitrogens with zero attached hydrogens (tertiary/aromatic N) is 3. The molecule has 3 unspecified atom stereocenters. The molecule has 5 aliphatic rings. The van der Waals surface area contributed by atoms with Crippen LogP contribution >= 0.6 is 0 Å². The number of nitrogens with one attached hydrogen (secondary N) is 3. The number of carbonyl (C=O) groups is 2. The normalized spacial score (nSPS) is 33.1. The van der Waals surface area contributed by atoms with E-state index in [0.29, 0.717) is 64.4 Å². The average Bonchev–Trinajstić information content (AvgIpc) is 3.65. The summed E-state index contributed by atoms with van der Waals surface area (Å²) in [7, 11) is 1.71. The number of likely N-dealkylation sites (N-methyl/N-ethyl adjacent to an activating group) is 1. The number of carbonyl (C=O) groups excluding carboxylic acids is 2. The van der Waals surface area contributed by atoms with E-state index in [0.717, 1.165) is 25.7 Å². The van der Waals surface area contributed by atoms with E-state index in [4.69, 9.17) is 25.7 Å². The zero-order valence-electron chi connectivity index (χ0n) is 28.1. The molecule has 9 N–H and O–H groups in total. The molecule has 0 spiro atoms. The van der Waals surface area contributed by atoms with Crippen LogP contribution in [0.25, 0.3) is 0 Å². The maximum atomic E-state index is 12.8. The molecule has 5 rings (SSSR count). The van der Waals surface area contributed by atoms with Crippen LogP contribution < -0.4 is 27.4 Å². The summed E-state index contributed by atoms with van der Waals surface area (Å²) in [6, 6.07) is -0.880. The van der Waals surface area contributed by atoms with Crippen LogP contribution in [-0.4, -0.2) is 146 Å². The molecule has 15 heteroatoms. The van der Waals surface area contributed by atoms with E-state index in [1.54, 1.807) is 11.9 Å². The molecule has 3 saturated heterocycles. The van der Waals surface area contributed by atoms with E-state index in [-0.39, 0.29) is 31.0 Å². The molecule has 1 amide bonds. The number of rotatable bonds is 14. The van der Waals surface area contributed by atoms with Crippen molar-refractivity contribution in [2.45, 2.75) is 120 Å². The van der Waals surface area contributed by atoms with E-state index in [1.807, 2.05) is 9.80 Å². The van der Waals surface area contributed by atoms with Crippen LogP contribution in [0, 0.1) is 11.8 Å². The maximum absolute atomic E-state index is 12.8. The molecule has 15 nitrogen and oxygen atoms in total. The Morgan fingerprint density at radius 3 is 2.26 bits per heavy atom. The van der Waals surface area contributed by atoms with Gasteiger partial charge in [-0.25, -0.2) is 9.69 Å². The topological polar surface area (TPSA) is 200 Å². The molecule has 3 heterocycles. The number of ether oxygens (including phenoxy) is 3. The van der Waals surface area contributed by atoms with Crippen molar-refractivity contribution >= 4 is 12.1 Å². The number of hydrogen-bond donors (Lipinski definition) is 7. The lowest BCUT2D eigenvalue weighted by molar-refractivity contribution is -0.147. The molecule has 3 aliphatic heterocycles. The van der Waals surface area contributed by atoms with Gasteiger partial charge in [-0.15, -0.1) is 0 Å². The fourth-order valence-electron chi connectivity index (χ4n) is 7.69. The summed E-state index contributed by atoms with van der Waals surface area (Å²) < 4.78 is 17.5. The summed E-state index contributed by atoms with van der Waals surface area (Å²) in [5.74, 6) is 0.423. The van der Waals surface area contributed by atoms with Gasteiger partial charge in [0, 0.05) is 39.9 Å².